The van der Waals surface area contributed by atoms with Crippen molar-refractivity contribution in [2.45, 2.75) is 38.1 Å². The molecule has 1 aromatic carbocycles. The Labute approximate surface area is 122 Å². The summed E-state index contributed by atoms with van der Waals surface area (Å²) in [5.41, 5.74) is 1.08. The van der Waals surface area contributed by atoms with Gasteiger partial charge in [-0.1, -0.05) is 19.3 Å². The van der Waals surface area contributed by atoms with Crippen LogP contribution in [0.4, 0.5) is 10.3 Å². The Morgan fingerprint density at radius 3 is 2.57 bits per heavy atom. The van der Waals surface area contributed by atoms with E-state index in [0.717, 1.165) is 18.4 Å². The van der Waals surface area contributed by atoms with Gasteiger partial charge < -0.3 is 5.32 Å². The average Bonchev–Trinajstić information content (AvgIpc) is 2.48. The molecule has 5 heteroatoms. The van der Waals surface area contributed by atoms with Gasteiger partial charge in [-0.15, -0.1) is 0 Å². The number of H-pyrrole nitrogens is 1. The SMILES string of the molecule is O=c1cc(-c2ccc(F)cc2)nc(NC2CCCCC2)[nH]1. The third-order valence-electron chi connectivity index (χ3n) is 3.83. The highest BCUT2D eigenvalue weighted by atomic mass is 19.1. The molecule has 0 unspecified atom stereocenters. The quantitative estimate of drug-likeness (QED) is 0.910. The van der Waals surface area contributed by atoms with E-state index in [2.05, 4.69) is 15.3 Å². The van der Waals surface area contributed by atoms with Crippen molar-refractivity contribution in [2.24, 2.45) is 0 Å². The van der Waals surface area contributed by atoms with Gasteiger partial charge in [0, 0.05) is 17.7 Å². The minimum Gasteiger partial charge on any atom is -0.353 e. The molecule has 1 saturated carbocycles. The molecular weight excluding hydrogens is 269 g/mol. The zero-order chi connectivity index (χ0) is 14.7. The predicted molar refractivity (Wildman–Crippen MR) is 80.7 cm³/mol. The Morgan fingerprint density at radius 2 is 1.86 bits per heavy atom. The van der Waals surface area contributed by atoms with Gasteiger partial charge in [-0.3, -0.25) is 9.78 Å². The Morgan fingerprint density at radius 1 is 1.14 bits per heavy atom. The molecule has 21 heavy (non-hydrogen) atoms. The Bertz CT molecular complexity index is 660. The van der Waals surface area contributed by atoms with Gasteiger partial charge in [-0.2, -0.15) is 0 Å². The van der Waals surface area contributed by atoms with Crippen LogP contribution in [0.15, 0.2) is 35.1 Å². The summed E-state index contributed by atoms with van der Waals surface area (Å²) >= 11 is 0. The largest absolute Gasteiger partial charge is 0.353 e. The van der Waals surface area contributed by atoms with E-state index < -0.39 is 0 Å². The summed E-state index contributed by atoms with van der Waals surface area (Å²) in [5.74, 6) is 0.192. The van der Waals surface area contributed by atoms with Gasteiger partial charge in [0.15, 0.2) is 0 Å². The van der Waals surface area contributed by atoms with E-state index in [1.54, 1.807) is 12.1 Å². The van der Waals surface area contributed by atoms with Crippen molar-refractivity contribution < 1.29 is 4.39 Å². The van der Waals surface area contributed by atoms with Crippen molar-refractivity contribution in [3.05, 3.63) is 46.5 Å². The molecule has 0 spiro atoms. The topological polar surface area (TPSA) is 57.8 Å². The van der Waals surface area contributed by atoms with Crippen molar-refractivity contribution in [2.75, 3.05) is 5.32 Å². The van der Waals surface area contributed by atoms with E-state index >= 15 is 0 Å². The fourth-order valence-electron chi connectivity index (χ4n) is 2.73. The predicted octanol–water partition coefficient (Wildman–Crippen LogP) is 3.32. The molecule has 1 fully saturated rings. The number of aromatic amines is 1. The van der Waals surface area contributed by atoms with Gasteiger partial charge in [0.2, 0.25) is 5.95 Å². The number of hydrogen-bond donors (Lipinski definition) is 2. The van der Waals surface area contributed by atoms with Gasteiger partial charge in [0.1, 0.15) is 5.82 Å². The first-order chi connectivity index (χ1) is 10.2. The van der Waals surface area contributed by atoms with Crippen molar-refractivity contribution in [3.63, 3.8) is 0 Å². The van der Waals surface area contributed by atoms with Gasteiger partial charge in [0.25, 0.3) is 5.56 Å². The number of nitrogens with one attached hydrogen (secondary N) is 2. The van der Waals surface area contributed by atoms with Crippen LogP contribution in [0.3, 0.4) is 0 Å². The molecule has 1 aromatic heterocycles. The number of nitrogens with zero attached hydrogens (tertiary/aromatic N) is 1. The molecule has 2 N–H and O–H groups in total. The third kappa shape index (κ3) is 3.48. The van der Waals surface area contributed by atoms with Crippen LogP contribution >= 0.6 is 0 Å². The lowest BCUT2D eigenvalue weighted by Crippen LogP contribution is -2.25. The molecule has 0 saturated heterocycles. The highest BCUT2D eigenvalue weighted by Crippen LogP contribution is 2.21. The zero-order valence-corrected chi connectivity index (χ0v) is 11.7. The fourth-order valence-corrected chi connectivity index (χ4v) is 2.73. The average molecular weight is 287 g/mol. The van der Waals surface area contributed by atoms with Crippen LogP contribution in [-0.2, 0) is 0 Å². The fraction of sp³-hybridized carbons (Fsp3) is 0.375. The number of halogens is 1. The minimum atomic E-state index is -0.302. The van der Waals surface area contributed by atoms with E-state index in [1.165, 1.54) is 37.5 Å². The lowest BCUT2D eigenvalue weighted by Gasteiger charge is -2.23. The normalized spacial score (nSPS) is 15.9. The molecule has 0 radical (unpaired) electrons. The number of rotatable bonds is 3. The summed E-state index contributed by atoms with van der Waals surface area (Å²) in [5, 5.41) is 3.30. The van der Waals surface area contributed by atoms with E-state index in [1.807, 2.05) is 0 Å². The lowest BCUT2D eigenvalue weighted by atomic mass is 9.96. The number of benzene rings is 1. The van der Waals surface area contributed by atoms with Crippen LogP contribution in [0.5, 0.6) is 0 Å². The number of hydrogen-bond acceptors (Lipinski definition) is 3. The second-order valence-corrected chi connectivity index (χ2v) is 5.47. The summed E-state index contributed by atoms with van der Waals surface area (Å²) in [7, 11) is 0. The van der Waals surface area contributed by atoms with Crippen molar-refractivity contribution in [1.29, 1.82) is 0 Å². The lowest BCUT2D eigenvalue weighted by molar-refractivity contribution is 0.461. The maximum atomic E-state index is 13.0. The number of anilines is 1. The standard InChI is InChI=1S/C16H18FN3O/c17-12-8-6-11(7-9-12)14-10-15(21)20-16(19-14)18-13-4-2-1-3-5-13/h6-10,13H,1-5H2,(H2,18,19,20,21). The van der Waals surface area contributed by atoms with Crippen LogP contribution < -0.4 is 10.9 Å². The van der Waals surface area contributed by atoms with E-state index in [-0.39, 0.29) is 11.4 Å². The molecule has 0 amide bonds. The van der Waals surface area contributed by atoms with Crippen molar-refractivity contribution in [3.8, 4) is 11.3 Å². The first-order valence-electron chi connectivity index (χ1n) is 7.34. The van der Waals surface area contributed by atoms with Gasteiger partial charge >= 0.3 is 0 Å². The molecule has 1 aliphatic carbocycles. The van der Waals surface area contributed by atoms with Crippen LogP contribution in [0.25, 0.3) is 11.3 Å². The molecule has 0 aliphatic heterocycles. The second-order valence-electron chi connectivity index (χ2n) is 5.47. The molecule has 1 heterocycles. The molecule has 1 aliphatic rings. The van der Waals surface area contributed by atoms with Gasteiger partial charge in [-0.05, 0) is 37.1 Å². The third-order valence-corrected chi connectivity index (χ3v) is 3.83. The summed E-state index contributed by atoms with van der Waals surface area (Å²) in [6, 6.07) is 7.78. The van der Waals surface area contributed by atoms with Crippen LogP contribution in [0.2, 0.25) is 0 Å². The maximum absolute atomic E-state index is 13.0. The molecule has 0 atom stereocenters. The first kappa shape index (κ1) is 13.8. The zero-order valence-electron chi connectivity index (χ0n) is 11.7. The Kier molecular flexibility index (Phi) is 3.99. The van der Waals surface area contributed by atoms with E-state index in [9.17, 15) is 9.18 Å². The molecule has 2 aromatic rings. The van der Waals surface area contributed by atoms with Crippen molar-refractivity contribution >= 4 is 5.95 Å². The van der Waals surface area contributed by atoms with Crippen LogP contribution in [-0.4, -0.2) is 16.0 Å². The van der Waals surface area contributed by atoms with E-state index in [4.69, 9.17) is 0 Å². The first-order valence-corrected chi connectivity index (χ1v) is 7.34. The molecule has 0 bridgehead atoms. The number of aromatic nitrogens is 2. The van der Waals surface area contributed by atoms with Gasteiger partial charge in [-0.25, -0.2) is 9.37 Å². The Balaban J connectivity index is 1.85. The summed E-state index contributed by atoms with van der Waals surface area (Å²) < 4.78 is 13.0. The van der Waals surface area contributed by atoms with Gasteiger partial charge in [0.05, 0.1) is 5.69 Å². The van der Waals surface area contributed by atoms with Crippen molar-refractivity contribution in [1.82, 2.24) is 9.97 Å². The highest BCUT2D eigenvalue weighted by molar-refractivity contribution is 5.59. The Hall–Kier alpha value is -2.17. The monoisotopic (exact) mass is 287 g/mol. The minimum absolute atomic E-state index is 0.206. The van der Waals surface area contributed by atoms with Crippen LogP contribution in [0, 0.1) is 5.82 Å². The molecule has 3 rings (SSSR count). The smallest absolute Gasteiger partial charge is 0.252 e. The second kappa shape index (κ2) is 6.08. The molecule has 4 nitrogen and oxygen atoms in total. The summed E-state index contributed by atoms with van der Waals surface area (Å²) in [6.45, 7) is 0. The van der Waals surface area contributed by atoms with Crippen LogP contribution in [0.1, 0.15) is 32.1 Å². The molecular formula is C16H18FN3O. The maximum Gasteiger partial charge on any atom is 0.252 e. The summed E-state index contributed by atoms with van der Waals surface area (Å²) in [6.07, 6.45) is 5.89. The summed E-state index contributed by atoms with van der Waals surface area (Å²) in [4.78, 5) is 18.9. The highest BCUT2D eigenvalue weighted by Gasteiger charge is 2.14. The van der Waals surface area contributed by atoms with E-state index in [0.29, 0.717) is 17.7 Å². The molecule has 110 valence electrons.